The van der Waals surface area contributed by atoms with Crippen molar-refractivity contribution in [1.82, 2.24) is 5.32 Å². The molecule has 0 bridgehead atoms. The highest BCUT2D eigenvalue weighted by Crippen LogP contribution is 2.16. The van der Waals surface area contributed by atoms with E-state index in [1.807, 2.05) is 36.4 Å². The van der Waals surface area contributed by atoms with Crippen LogP contribution >= 0.6 is 34.2 Å². The van der Waals surface area contributed by atoms with E-state index in [0.29, 0.717) is 11.6 Å². The summed E-state index contributed by atoms with van der Waals surface area (Å²) in [6.07, 6.45) is 0. The van der Waals surface area contributed by atoms with E-state index in [0.717, 1.165) is 14.8 Å². The molecule has 0 aromatic heterocycles. The lowest BCUT2D eigenvalue weighted by molar-refractivity contribution is 0.251. The summed E-state index contributed by atoms with van der Waals surface area (Å²) in [7, 11) is 0. The smallest absolute Gasteiger partial charge is 0.319 e. The molecular formula is C14H12ClIN2O. The van der Waals surface area contributed by atoms with Crippen LogP contribution in [0.15, 0.2) is 48.5 Å². The molecular weight excluding hydrogens is 375 g/mol. The van der Waals surface area contributed by atoms with E-state index < -0.39 is 0 Å². The number of amides is 2. The molecule has 0 atom stereocenters. The molecule has 0 heterocycles. The molecule has 2 rings (SSSR count). The average molecular weight is 387 g/mol. The number of urea groups is 1. The van der Waals surface area contributed by atoms with Crippen LogP contribution in [0.4, 0.5) is 10.5 Å². The number of halogens is 2. The van der Waals surface area contributed by atoms with E-state index in [1.165, 1.54) is 0 Å². The number of para-hydroxylation sites is 1. The maximum atomic E-state index is 11.8. The molecule has 0 saturated heterocycles. The fourth-order valence-electron chi connectivity index (χ4n) is 1.51. The maximum absolute atomic E-state index is 11.8. The van der Waals surface area contributed by atoms with E-state index in [9.17, 15) is 4.79 Å². The van der Waals surface area contributed by atoms with Crippen LogP contribution in [0.3, 0.4) is 0 Å². The molecule has 0 radical (unpaired) electrons. The van der Waals surface area contributed by atoms with Gasteiger partial charge in [-0.25, -0.2) is 4.79 Å². The van der Waals surface area contributed by atoms with Crippen molar-refractivity contribution in [2.45, 2.75) is 6.54 Å². The maximum Gasteiger partial charge on any atom is 0.319 e. The Morgan fingerprint density at radius 1 is 1.11 bits per heavy atom. The average Bonchev–Trinajstić information content (AvgIpc) is 2.41. The van der Waals surface area contributed by atoms with Crippen molar-refractivity contribution in [3.8, 4) is 0 Å². The Morgan fingerprint density at radius 3 is 2.47 bits per heavy atom. The normalized spacial score (nSPS) is 10.0. The number of anilines is 1. The third-order valence-electron chi connectivity index (χ3n) is 2.49. The van der Waals surface area contributed by atoms with Gasteiger partial charge >= 0.3 is 6.03 Å². The zero-order valence-electron chi connectivity index (χ0n) is 9.99. The Bertz CT molecular complexity index is 572. The van der Waals surface area contributed by atoms with Crippen molar-refractivity contribution in [2.75, 3.05) is 5.32 Å². The van der Waals surface area contributed by atoms with Crippen LogP contribution in [0.5, 0.6) is 0 Å². The SMILES string of the molecule is O=C(NCc1ccc(Cl)cc1)Nc1ccccc1I. The highest BCUT2D eigenvalue weighted by atomic mass is 127. The Morgan fingerprint density at radius 2 is 1.79 bits per heavy atom. The Hall–Kier alpha value is -1.27. The first kappa shape index (κ1) is 14.1. The highest BCUT2D eigenvalue weighted by Gasteiger charge is 2.04. The van der Waals surface area contributed by atoms with Gasteiger partial charge in [-0.15, -0.1) is 0 Å². The predicted molar refractivity (Wildman–Crippen MR) is 86.5 cm³/mol. The van der Waals surface area contributed by atoms with Crippen molar-refractivity contribution in [2.24, 2.45) is 0 Å². The molecule has 0 aliphatic rings. The molecule has 0 saturated carbocycles. The van der Waals surface area contributed by atoms with Crippen molar-refractivity contribution < 1.29 is 4.79 Å². The van der Waals surface area contributed by atoms with Crippen molar-refractivity contribution >= 4 is 45.9 Å². The van der Waals surface area contributed by atoms with E-state index in [2.05, 4.69) is 33.2 Å². The zero-order valence-corrected chi connectivity index (χ0v) is 12.9. The third kappa shape index (κ3) is 4.40. The zero-order chi connectivity index (χ0) is 13.7. The van der Waals surface area contributed by atoms with Gasteiger partial charge in [-0.1, -0.05) is 35.9 Å². The Kier molecular flexibility index (Phi) is 5.04. The second-order valence-corrected chi connectivity index (χ2v) is 5.51. The molecule has 0 spiro atoms. The lowest BCUT2D eigenvalue weighted by Gasteiger charge is -2.09. The van der Waals surface area contributed by atoms with Gasteiger partial charge in [-0.05, 0) is 52.4 Å². The number of hydrogen-bond acceptors (Lipinski definition) is 1. The summed E-state index contributed by atoms with van der Waals surface area (Å²) in [4.78, 5) is 11.8. The minimum Gasteiger partial charge on any atom is -0.334 e. The minimum atomic E-state index is -0.223. The summed E-state index contributed by atoms with van der Waals surface area (Å²) in [6, 6.07) is 14.8. The second kappa shape index (κ2) is 6.77. The molecule has 5 heteroatoms. The first-order valence-corrected chi connectivity index (χ1v) is 7.14. The monoisotopic (exact) mass is 386 g/mol. The summed E-state index contributed by atoms with van der Waals surface area (Å²) >= 11 is 7.98. The Labute approximate surface area is 130 Å². The van der Waals surface area contributed by atoms with Crippen molar-refractivity contribution in [3.05, 3.63) is 62.7 Å². The predicted octanol–water partition coefficient (Wildman–Crippen LogP) is 4.27. The van der Waals surface area contributed by atoms with E-state index in [4.69, 9.17) is 11.6 Å². The number of benzene rings is 2. The van der Waals surface area contributed by atoms with Gasteiger partial charge in [0, 0.05) is 15.1 Å². The van der Waals surface area contributed by atoms with E-state index in [-0.39, 0.29) is 6.03 Å². The summed E-state index contributed by atoms with van der Waals surface area (Å²) in [5, 5.41) is 6.29. The third-order valence-corrected chi connectivity index (χ3v) is 3.68. The van der Waals surface area contributed by atoms with Crippen molar-refractivity contribution in [1.29, 1.82) is 0 Å². The van der Waals surface area contributed by atoms with Crippen LogP contribution in [0.25, 0.3) is 0 Å². The fourth-order valence-corrected chi connectivity index (χ4v) is 2.16. The Balaban J connectivity index is 1.88. The molecule has 19 heavy (non-hydrogen) atoms. The number of rotatable bonds is 3. The molecule has 0 aliphatic carbocycles. The summed E-state index contributed by atoms with van der Waals surface area (Å²) in [6.45, 7) is 0.465. The van der Waals surface area contributed by atoms with Gasteiger partial charge in [0.15, 0.2) is 0 Å². The van der Waals surface area contributed by atoms with Gasteiger partial charge in [-0.3, -0.25) is 0 Å². The number of hydrogen-bond donors (Lipinski definition) is 2. The van der Waals surface area contributed by atoms with Crippen LogP contribution in [-0.2, 0) is 6.54 Å². The van der Waals surface area contributed by atoms with Crippen LogP contribution in [0.1, 0.15) is 5.56 Å². The van der Waals surface area contributed by atoms with Gasteiger partial charge in [0.2, 0.25) is 0 Å². The summed E-state index contributed by atoms with van der Waals surface area (Å²) in [5.74, 6) is 0. The molecule has 0 unspecified atom stereocenters. The standard InChI is InChI=1S/C14H12ClIN2O/c15-11-7-5-10(6-8-11)9-17-14(19)18-13-4-2-1-3-12(13)16/h1-8H,9H2,(H2,17,18,19). The molecule has 2 N–H and O–H groups in total. The summed E-state index contributed by atoms with van der Waals surface area (Å²) < 4.78 is 1.00. The fraction of sp³-hybridized carbons (Fsp3) is 0.0714. The van der Waals surface area contributed by atoms with Gasteiger partial charge in [0.25, 0.3) is 0 Å². The molecule has 0 fully saturated rings. The molecule has 3 nitrogen and oxygen atoms in total. The largest absolute Gasteiger partial charge is 0.334 e. The van der Waals surface area contributed by atoms with Gasteiger partial charge in [-0.2, -0.15) is 0 Å². The van der Waals surface area contributed by atoms with E-state index >= 15 is 0 Å². The van der Waals surface area contributed by atoms with Gasteiger partial charge in [0.1, 0.15) is 0 Å². The molecule has 98 valence electrons. The van der Waals surface area contributed by atoms with E-state index in [1.54, 1.807) is 12.1 Å². The second-order valence-electron chi connectivity index (χ2n) is 3.91. The van der Waals surface area contributed by atoms with Crippen molar-refractivity contribution in [3.63, 3.8) is 0 Å². The lowest BCUT2D eigenvalue weighted by Crippen LogP contribution is -2.28. The topological polar surface area (TPSA) is 41.1 Å². The highest BCUT2D eigenvalue weighted by molar-refractivity contribution is 14.1. The minimum absolute atomic E-state index is 0.223. The van der Waals surface area contributed by atoms with Crippen LogP contribution in [0.2, 0.25) is 5.02 Å². The summed E-state index contributed by atoms with van der Waals surface area (Å²) in [5.41, 5.74) is 1.80. The number of nitrogens with one attached hydrogen (secondary N) is 2. The quantitative estimate of drug-likeness (QED) is 0.760. The van der Waals surface area contributed by atoms with Gasteiger partial charge < -0.3 is 10.6 Å². The first-order valence-electron chi connectivity index (χ1n) is 5.69. The first-order chi connectivity index (χ1) is 9.15. The molecule has 2 amide bonds. The van der Waals surface area contributed by atoms with Crippen LogP contribution in [-0.4, -0.2) is 6.03 Å². The lowest BCUT2D eigenvalue weighted by atomic mass is 10.2. The molecule has 2 aromatic rings. The number of carbonyl (C=O) groups is 1. The van der Waals surface area contributed by atoms with Gasteiger partial charge in [0.05, 0.1) is 5.69 Å². The molecule has 2 aromatic carbocycles. The molecule has 0 aliphatic heterocycles. The van der Waals surface area contributed by atoms with Crippen LogP contribution in [0, 0.1) is 3.57 Å². The number of carbonyl (C=O) groups excluding carboxylic acids is 1. The van der Waals surface area contributed by atoms with Crippen LogP contribution < -0.4 is 10.6 Å².